The van der Waals surface area contributed by atoms with E-state index in [0.717, 1.165) is 0 Å². The fourth-order valence-corrected chi connectivity index (χ4v) is 0.498. The van der Waals surface area contributed by atoms with E-state index < -0.39 is 5.66 Å². The van der Waals surface area contributed by atoms with Gasteiger partial charge in [0.05, 0.1) is 0 Å². The lowest BCUT2D eigenvalue weighted by Gasteiger charge is -1.90. The predicted octanol–water partition coefficient (Wildman–Crippen LogP) is 2.26. The van der Waals surface area contributed by atoms with Crippen LogP contribution in [0.2, 0.25) is 0 Å². The van der Waals surface area contributed by atoms with Crippen LogP contribution in [0.5, 0.6) is 0 Å². The first-order chi connectivity index (χ1) is 4.33. The maximum absolute atomic E-state index is 7.94. The Balaban J connectivity index is 0.000000810. The van der Waals surface area contributed by atoms with Crippen molar-refractivity contribution < 1.29 is 0 Å². The monoisotopic (exact) mass is 141 g/mol. The molecule has 0 aromatic carbocycles. The molecule has 1 fully saturated rings. The van der Waals surface area contributed by atoms with Gasteiger partial charge in [0.2, 0.25) is 0 Å². The van der Waals surface area contributed by atoms with Gasteiger partial charge in [-0.05, 0) is 23.9 Å². The van der Waals surface area contributed by atoms with Gasteiger partial charge in [0.15, 0.2) is 0 Å². The Morgan fingerprint density at radius 2 is 1.50 bits per heavy atom. The van der Waals surface area contributed by atoms with Crippen LogP contribution in [0.1, 0.15) is 12.8 Å². The van der Waals surface area contributed by atoms with Crippen molar-refractivity contribution in [2.75, 3.05) is 0 Å². The van der Waals surface area contributed by atoms with E-state index in [9.17, 15) is 0 Å². The van der Waals surface area contributed by atoms with Crippen LogP contribution in [0.25, 0.3) is 20.9 Å². The predicted molar refractivity (Wildman–Crippen MR) is 35.3 cm³/mol. The van der Waals surface area contributed by atoms with Crippen LogP contribution in [0.15, 0.2) is 10.2 Å². The summed E-state index contributed by atoms with van der Waals surface area (Å²) in [5, 5.41) is 6.64. The van der Waals surface area contributed by atoms with Crippen molar-refractivity contribution in [2.24, 2.45) is 10.2 Å². The first kappa shape index (κ1) is 8.58. The second kappa shape index (κ2) is 2.93. The average Bonchev–Trinajstić information content (AvgIpc) is 2.51. The second-order valence-electron chi connectivity index (χ2n) is 1.86. The SMILES string of the molecule is N.[N-]=[N+]=NC1(N=[N+]=[N-])CC1. The van der Waals surface area contributed by atoms with Gasteiger partial charge >= 0.3 is 0 Å². The zero-order valence-electron chi connectivity index (χ0n) is 5.30. The van der Waals surface area contributed by atoms with Gasteiger partial charge in [-0.1, -0.05) is 10.2 Å². The molecule has 1 rings (SSSR count). The summed E-state index contributed by atoms with van der Waals surface area (Å²) < 4.78 is 0. The fraction of sp³-hybridized carbons (Fsp3) is 1.00. The molecule has 0 bridgehead atoms. The first-order valence-electron chi connectivity index (χ1n) is 2.45. The highest BCUT2D eigenvalue weighted by Gasteiger charge is 2.41. The average molecular weight is 141 g/mol. The van der Waals surface area contributed by atoms with E-state index in [1.807, 2.05) is 0 Å². The maximum Gasteiger partial charge on any atom is 0.127 e. The first-order valence-corrected chi connectivity index (χ1v) is 2.45. The largest absolute Gasteiger partial charge is 0.344 e. The zero-order valence-corrected chi connectivity index (χ0v) is 5.30. The quantitative estimate of drug-likeness (QED) is 0.352. The minimum Gasteiger partial charge on any atom is -0.344 e. The summed E-state index contributed by atoms with van der Waals surface area (Å²) in [5.74, 6) is 0. The van der Waals surface area contributed by atoms with Crippen LogP contribution < -0.4 is 6.15 Å². The molecule has 0 spiro atoms. The Hall–Kier alpha value is -1.42. The molecule has 3 N–H and O–H groups in total. The molecule has 0 atom stereocenters. The lowest BCUT2D eigenvalue weighted by atomic mass is 10.6. The molecule has 0 heterocycles. The van der Waals surface area contributed by atoms with Crippen molar-refractivity contribution in [3.05, 3.63) is 20.9 Å². The van der Waals surface area contributed by atoms with E-state index in [1.165, 1.54) is 0 Å². The lowest BCUT2D eigenvalue weighted by molar-refractivity contribution is 0.704. The molecule has 0 radical (unpaired) electrons. The molecule has 0 saturated heterocycles. The van der Waals surface area contributed by atoms with Gasteiger partial charge in [0, 0.05) is 9.82 Å². The minimum atomic E-state index is -0.733. The number of hydrogen-bond acceptors (Lipinski definition) is 3. The number of hydrogen-bond donors (Lipinski definition) is 1. The van der Waals surface area contributed by atoms with Crippen molar-refractivity contribution in [2.45, 2.75) is 18.5 Å². The van der Waals surface area contributed by atoms with Gasteiger partial charge in [-0.3, -0.25) is 0 Å². The van der Waals surface area contributed by atoms with Crippen molar-refractivity contribution in [1.29, 1.82) is 0 Å². The van der Waals surface area contributed by atoms with Gasteiger partial charge < -0.3 is 6.15 Å². The number of nitrogens with zero attached hydrogens (tertiary/aromatic N) is 6. The Kier molecular flexibility index (Phi) is 2.52. The molecule has 7 nitrogen and oxygen atoms in total. The molecular weight excluding hydrogens is 134 g/mol. The van der Waals surface area contributed by atoms with E-state index in [1.54, 1.807) is 0 Å². The van der Waals surface area contributed by atoms with E-state index in [2.05, 4.69) is 20.1 Å². The van der Waals surface area contributed by atoms with Gasteiger partial charge in [-0.2, -0.15) is 0 Å². The summed E-state index contributed by atoms with van der Waals surface area (Å²) in [7, 11) is 0. The Morgan fingerprint density at radius 3 is 1.70 bits per heavy atom. The van der Waals surface area contributed by atoms with Crippen LogP contribution >= 0.6 is 0 Å². The standard InChI is InChI=1S/C3H4N6.H3N/c4-8-6-3(1-2-3)7-9-5;/h1-2H2;1H3. The summed E-state index contributed by atoms with van der Waals surface area (Å²) in [6.07, 6.45) is 1.36. The van der Waals surface area contributed by atoms with Crippen LogP contribution in [-0.4, -0.2) is 5.66 Å². The molecule has 1 aliphatic rings. The maximum atomic E-state index is 7.94. The normalized spacial score (nSPS) is 17.2. The third-order valence-corrected chi connectivity index (χ3v) is 1.16. The van der Waals surface area contributed by atoms with Crippen LogP contribution in [0, 0.1) is 0 Å². The molecule has 0 amide bonds. The van der Waals surface area contributed by atoms with Crippen molar-refractivity contribution >= 4 is 0 Å². The Bertz CT molecular complexity index is 183. The summed E-state index contributed by atoms with van der Waals surface area (Å²) in [6.45, 7) is 0. The summed E-state index contributed by atoms with van der Waals surface area (Å²) in [4.78, 5) is 5.10. The Labute approximate surface area is 56.9 Å². The topological polar surface area (TPSA) is 133 Å². The summed E-state index contributed by atoms with van der Waals surface area (Å²) in [6, 6.07) is 0. The molecule has 10 heavy (non-hydrogen) atoms. The smallest absolute Gasteiger partial charge is 0.127 e. The summed E-state index contributed by atoms with van der Waals surface area (Å²) >= 11 is 0. The molecule has 0 aromatic heterocycles. The third kappa shape index (κ3) is 1.53. The van der Waals surface area contributed by atoms with E-state index in [4.69, 9.17) is 11.1 Å². The second-order valence-corrected chi connectivity index (χ2v) is 1.86. The van der Waals surface area contributed by atoms with Gasteiger partial charge in [-0.15, -0.1) is 0 Å². The van der Waals surface area contributed by atoms with E-state index in [0.29, 0.717) is 12.8 Å². The third-order valence-electron chi connectivity index (χ3n) is 1.16. The molecule has 1 aliphatic carbocycles. The molecule has 0 aromatic rings. The highest BCUT2D eigenvalue weighted by atomic mass is 15.3. The fourth-order valence-electron chi connectivity index (χ4n) is 0.498. The van der Waals surface area contributed by atoms with Crippen LogP contribution in [-0.2, 0) is 0 Å². The molecule has 0 unspecified atom stereocenters. The van der Waals surface area contributed by atoms with Gasteiger partial charge in [-0.25, -0.2) is 0 Å². The van der Waals surface area contributed by atoms with E-state index >= 15 is 0 Å². The highest BCUT2D eigenvalue weighted by Crippen LogP contribution is 2.41. The molecule has 54 valence electrons. The van der Waals surface area contributed by atoms with Crippen LogP contribution in [0.4, 0.5) is 0 Å². The highest BCUT2D eigenvalue weighted by molar-refractivity contribution is 4.99. The van der Waals surface area contributed by atoms with Crippen molar-refractivity contribution in [3.8, 4) is 0 Å². The minimum absolute atomic E-state index is 0. The van der Waals surface area contributed by atoms with E-state index in [-0.39, 0.29) is 6.15 Å². The van der Waals surface area contributed by atoms with Gasteiger partial charge in [0.25, 0.3) is 0 Å². The van der Waals surface area contributed by atoms with Crippen molar-refractivity contribution in [3.63, 3.8) is 0 Å². The molecular formula is C3H7N7. The zero-order chi connectivity index (χ0) is 6.74. The summed E-state index contributed by atoms with van der Waals surface area (Å²) in [5.41, 5.74) is 15.2. The Morgan fingerprint density at radius 1 is 1.10 bits per heavy atom. The van der Waals surface area contributed by atoms with Gasteiger partial charge in [0.1, 0.15) is 5.66 Å². The van der Waals surface area contributed by atoms with Crippen molar-refractivity contribution in [1.82, 2.24) is 6.15 Å². The number of rotatable bonds is 2. The molecule has 0 aliphatic heterocycles. The van der Waals surface area contributed by atoms with Crippen LogP contribution in [0.3, 0.4) is 0 Å². The molecule has 1 saturated carbocycles. The molecule has 7 heteroatoms. The lowest BCUT2D eigenvalue weighted by Crippen LogP contribution is -1.93. The number of azide groups is 1.